The van der Waals surface area contributed by atoms with Gasteiger partial charge in [0.25, 0.3) is 11.5 Å². The molecule has 30 heavy (non-hydrogen) atoms. The van der Waals surface area contributed by atoms with Gasteiger partial charge in [-0.1, -0.05) is 29.8 Å². The number of alkyl halides is 2. The molecule has 3 heterocycles. The molecule has 3 aromatic heterocycles. The second-order valence-electron chi connectivity index (χ2n) is 6.56. The smallest absolute Gasteiger partial charge is 0.305 e. The molecule has 0 aliphatic rings. The molecule has 0 amide bonds. The summed E-state index contributed by atoms with van der Waals surface area (Å²) < 4.78 is 30.9. The van der Waals surface area contributed by atoms with Crippen molar-refractivity contribution in [3.8, 4) is 11.3 Å². The van der Waals surface area contributed by atoms with E-state index in [2.05, 4.69) is 37.5 Å². The Hall–Kier alpha value is -2.07. The third kappa shape index (κ3) is 3.30. The average Bonchev–Trinajstić information content (AvgIpc) is 3.03. The molecule has 5 nitrogen and oxygen atoms in total. The molecule has 0 fully saturated rings. The number of nitrogens with one attached hydrogen (secondary N) is 2. The van der Waals surface area contributed by atoms with Crippen LogP contribution in [0.4, 0.5) is 8.78 Å². The van der Waals surface area contributed by atoms with Gasteiger partial charge in [-0.05, 0) is 46.6 Å². The van der Waals surface area contributed by atoms with E-state index in [1.807, 2.05) is 0 Å². The molecule has 154 valence electrons. The van der Waals surface area contributed by atoms with E-state index in [1.165, 1.54) is 25.1 Å². The maximum absolute atomic E-state index is 15.2. The van der Waals surface area contributed by atoms with E-state index in [4.69, 9.17) is 23.2 Å². The summed E-state index contributed by atoms with van der Waals surface area (Å²) in [5, 5.41) is 0.554. The van der Waals surface area contributed by atoms with Gasteiger partial charge in [-0.15, -0.1) is 11.3 Å². The number of benzene rings is 1. The van der Waals surface area contributed by atoms with E-state index in [-0.39, 0.29) is 36.2 Å². The van der Waals surface area contributed by atoms with Gasteiger partial charge in [-0.3, -0.25) is 9.78 Å². The number of hydrogen-bond donors (Lipinski definition) is 2. The molecule has 0 atom stereocenters. The maximum atomic E-state index is 15.2. The Morgan fingerprint density at radius 2 is 1.83 bits per heavy atom. The summed E-state index contributed by atoms with van der Waals surface area (Å²) in [4.78, 5) is 33.1. The van der Waals surface area contributed by atoms with Crippen molar-refractivity contribution >= 4 is 70.9 Å². The van der Waals surface area contributed by atoms with Crippen LogP contribution < -0.4 is 11.2 Å². The van der Waals surface area contributed by atoms with Crippen LogP contribution in [0.5, 0.6) is 0 Å². The van der Waals surface area contributed by atoms with Crippen molar-refractivity contribution in [1.82, 2.24) is 15.0 Å². The summed E-state index contributed by atoms with van der Waals surface area (Å²) in [6, 6.07) is 4.27. The molecular formula is C19H10BrCl2F2N3O2S. The second kappa shape index (κ2) is 7.26. The van der Waals surface area contributed by atoms with Gasteiger partial charge in [0.15, 0.2) is 0 Å². The Kier molecular flexibility index (Phi) is 5.13. The molecule has 0 unspecified atom stereocenters. The molecule has 0 saturated heterocycles. The molecular weight excluding hydrogens is 523 g/mol. The van der Waals surface area contributed by atoms with Gasteiger partial charge in [0.1, 0.15) is 9.53 Å². The molecule has 0 aliphatic heterocycles. The van der Waals surface area contributed by atoms with Crippen molar-refractivity contribution in [1.29, 1.82) is 0 Å². The Bertz CT molecular complexity index is 1470. The highest BCUT2D eigenvalue weighted by molar-refractivity contribution is 9.10. The molecule has 4 aromatic rings. The Labute approximate surface area is 189 Å². The van der Waals surface area contributed by atoms with Crippen molar-refractivity contribution in [2.24, 2.45) is 0 Å². The lowest BCUT2D eigenvalue weighted by molar-refractivity contribution is 0.0402. The van der Waals surface area contributed by atoms with Gasteiger partial charge in [0.05, 0.1) is 25.7 Å². The lowest BCUT2D eigenvalue weighted by Crippen LogP contribution is -2.21. The van der Waals surface area contributed by atoms with Crippen LogP contribution in [0.25, 0.3) is 31.7 Å². The minimum Gasteiger partial charge on any atom is -0.305 e. The number of aromatic amines is 2. The van der Waals surface area contributed by atoms with Crippen LogP contribution in [0.2, 0.25) is 10.0 Å². The highest BCUT2D eigenvalue weighted by Gasteiger charge is 2.37. The minimum absolute atomic E-state index is 0.00518. The molecule has 0 bridgehead atoms. The van der Waals surface area contributed by atoms with Crippen molar-refractivity contribution in [2.45, 2.75) is 12.8 Å². The zero-order valence-electron chi connectivity index (χ0n) is 15.0. The number of rotatable bonds is 3. The Balaban J connectivity index is 2.18. The van der Waals surface area contributed by atoms with E-state index in [9.17, 15) is 9.59 Å². The van der Waals surface area contributed by atoms with Gasteiger partial charge >= 0.3 is 5.69 Å². The summed E-state index contributed by atoms with van der Waals surface area (Å²) >= 11 is 16.5. The van der Waals surface area contributed by atoms with Gasteiger partial charge in [-0.2, -0.15) is 8.78 Å². The molecule has 4 rings (SSSR count). The number of thiophene rings is 1. The van der Waals surface area contributed by atoms with E-state index >= 15 is 8.78 Å². The molecule has 0 aliphatic carbocycles. The molecule has 0 spiro atoms. The lowest BCUT2D eigenvalue weighted by Gasteiger charge is -2.19. The van der Waals surface area contributed by atoms with E-state index in [0.29, 0.717) is 10.0 Å². The Morgan fingerprint density at radius 3 is 2.43 bits per heavy atom. The summed E-state index contributed by atoms with van der Waals surface area (Å²) in [7, 11) is 0. The first kappa shape index (κ1) is 21.2. The number of halogens is 5. The van der Waals surface area contributed by atoms with E-state index < -0.39 is 28.3 Å². The number of pyridine rings is 1. The SMILES string of the molecule is C=C(C)C(F)(F)c1cc(-c2cc(Cl)c(Br)c(Cl)c2)nc2sc3c(=O)[nH]c(=O)[nH]c3c12. The molecule has 2 N–H and O–H groups in total. The highest BCUT2D eigenvalue weighted by Crippen LogP contribution is 2.44. The van der Waals surface area contributed by atoms with Gasteiger partial charge in [0.2, 0.25) is 0 Å². The number of H-pyrrole nitrogens is 2. The summed E-state index contributed by atoms with van der Waals surface area (Å²) in [5.41, 5.74) is -1.72. The molecule has 11 heteroatoms. The number of hydrogen-bond acceptors (Lipinski definition) is 4. The van der Waals surface area contributed by atoms with Crippen molar-refractivity contribution in [3.63, 3.8) is 0 Å². The van der Waals surface area contributed by atoms with Gasteiger partial charge in [0, 0.05) is 16.5 Å². The summed E-state index contributed by atoms with van der Waals surface area (Å²) in [6.45, 7) is 4.59. The largest absolute Gasteiger partial charge is 0.326 e. The topological polar surface area (TPSA) is 78.6 Å². The average molecular weight is 533 g/mol. The summed E-state index contributed by atoms with van der Waals surface area (Å²) in [5.74, 6) is -3.45. The zero-order valence-corrected chi connectivity index (χ0v) is 18.9. The predicted octanol–water partition coefficient (Wildman–Crippen LogP) is 6.23. The standard InChI is InChI=1S/C19H10BrCl2F2N3O2S/c1-6(2)19(23,24)8-5-11(7-3-9(21)13(20)10(22)4-7)25-17-12(8)14-15(30-17)16(28)27-18(29)26-14/h3-5H,1H2,2H3,(H2,26,27,28,29). The molecule has 0 saturated carbocycles. The third-order valence-corrected chi connectivity index (χ3v) is 7.48. The third-order valence-electron chi connectivity index (χ3n) is 4.49. The lowest BCUT2D eigenvalue weighted by atomic mass is 9.97. The van der Waals surface area contributed by atoms with Crippen LogP contribution >= 0.6 is 50.5 Å². The quantitative estimate of drug-likeness (QED) is 0.242. The van der Waals surface area contributed by atoms with Gasteiger partial charge < -0.3 is 4.98 Å². The van der Waals surface area contributed by atoms with Crippen LogP contribution in [0.3, 0.4) is 0 Å². The predicted molar refractivity (Wildman–Crippen MR) is 120 cm³/mol. The minimum atomic E-state index is -3.45. The number of aromatic nitrogens is 3. The number of nitrogens with zero attached hydrogens (tertiary/aromatic N) is 1. The normalized spacial score (nSPS) is 12.1. The fraction of sp³-hybridized carbons (Fsp3) is 0.105. The first-order chi connectivity index (χ1) is 14.0. The first-order valence-corrected chi connectivity index (χ1v) is 10.7. The Morgan fingerprint density at radius 1 is 1.20 bits per heavy atom. The second-order valence-corrected chi connectivity index (χ2v) is 9.16. The zero-order chi connectivity index (χ0) is 22.0. The fourth-order valence-corrected chi connectivity index (χ4v) is 4.78. The van der Waals surface area contributed by atoms with E-state index in [1.54, 1.807) is 0 Å². The van der Waals surface area contributed by atoms with Crippen LogP contribution in [0, 0.1) is 0 Å². The summed E-state index contributed by atoms with van der Waals surface area (Å²) in [6.07, 6.45) is 0. The maximum Gasteiger partial charge on any atom is 0.326 e. The number of fused-ring (bicyclic) bond motifs is 3. The van der Waals surface area contributed by atoms with Crippen LogP contribution in [0.15, 0.2) is 44.4 Å². The molecule has 1 aromatic carbocycles. The van der Waals surface area contributed by atoms with Crippen LogP contribution in [0.1, 0.15) is 12.5 Å². The highest BCUT2D eigenvalue weighted by atomic mass is 79.9. The number of allylic oxidation sites excluding steroid dienone is 1. The fourth-order valence-electron chi connectivity index (χ4n) is 3.01. The van der Waals surface area contributed by atoms with Gasteiger partial charge in [-0.25, -0.2) is 9.78 Å². The van der Waals surface area contributed by atoms with Crippen molar-refractivity contribution in [3.05, 3.63) is 71.3 Å². The van der Waals surface area contributed by atoms with Crippen LogP contribution in [-0.4, -0.2) is 15.0 Å². The van der Waals surface area contributed by atoms with Crippen molar-refractivity contribution in [2.75, 3.05) is 0 Å². The van der Waals surface area contributed by atoms with Crippen molar-refractivity contribution < 1.29 is 8.78 Å². The molecule has 0 radical (unpaired) electrons. The first-order valence-electron chi connectivity index (χ1n) is 8.29. The van der Waals surface area contributed by atoms with Crippen LogP contribution in [-0.2, 0) is 5.92 Å². The monoisotopic (exact) mass is 531 g/mol. The van der Waals surface area contributed by atoms with E-state index in [0.717, 1.165) is 11.3 Å².